The largest absolute Gasteiger partial charge is 0.416 e. The van der Waals surface area contributed by atoms with Gasteiger partial charge >= 0.3 is 6.18 Å². The van der Waals surface area contributed by atoms with Gasteiger partial charge in [-0.25, -0.2) is 9.37 Å². The second kappa shape index (κ2) is 11.9. The van der Waals surface area contributed by atoms with Crippen LogP contribution in [0.5, 0.6) is 0 Å². The van der Waals surface area contributed by atoms with E-state index in [0.717, 1.165) is 30.0 Å². The van der Waals surface area contributed by atoms with Crippen LogP contribution in [-0.2, 0) is 33.5 Å². The van der Waals surface area contributed by atoms with Gasteiger partial charge in [-0.1, -0.05) is 54.1 Å². The predicted octanol–water partition coefficient (Wildman–Crippen LogP) is 5.92. The molecule has 6 nitrogen and oxygen atoms in total. The number of amides is 2. The summed E-state index contributed by atoms with van der Waals surface area (Å²) in [5, 5.41) is 3.88. The molecule has 39 heavy (non-hydrogen) atoms. The molecule has 12 heteroatoms. The molecule has 4 rings (SSSR count). The molecule has 1 aliphatic carbocycles. The van der Waals surface area contributed by atoms with E-state index in [1.165, 1.54) is 12.1 Å². The van der Waals surface area contributed by atoms with Crippen LogP contribution in [0.3, 0.4) is 0 Å². The Morgan fingerprint density at radius 3 is 2.36 bits per heavy atom. The molecule has 2 aromatic carbocycles. The van der Waals surface area contributed by atoms with Gasteiger partial charge in [0, 0.05) is 19.0 Å². The molecule has 1 aliphatic rings. The van der Waals surface area contributed by atoms with Crippen LogP contribution < -0.4 is 10.6 Å². The smallest absolute Gasteiger partial charge is 0.373 e. The highest BCUT2D eigenvalue weighted by Gasteiger charge is 2.52. The average Bonchev–Trinajstić information content (AvgIpc) is 2.87. The van der Waals surface area contributed by atoms with Crippen molar-refractivity contribution in [3.05, 3.63) is 94.4 Å². The first-order valence-corrected chi connectivity index (χ1v) is 12.7. The van der Waals surface area contributed by atoms with Crippen LogP contribution in [0.25, 0.3) is 0 Å². The van der Waals surface area contributed by atoms with Crippen molar-refractivity contribution in [1.82, 2.24) is 10.3 Å². The summed E-state index contributed by atoms with van der Waals surface area (Å²) in [7, 11) is 0. The molecule has 2 N–H and O–H groups in total. The van der Waals surface area contributed by atoms with Crippen molar-refractivity contribution < 1.29 is 31.9 Å². The highest BCUT2D eigenvalue weighted by Crippen LogP contribution is 2.37. The van der Waals surface area contributed by atoms with Crippen molar-refractivity contribution in [3.8, 4) is 0 Å². The molecule has 1 atom stereocenters. The first kappa shape index (κ1) is 28.8. The summed E-state index contributed by atoms with van der Waals surface area (Å²) in [5.41, 5.74) is -0.967. The number of ether oxygens (including phenoxy) is 1. The molecule has 2 amide bonds. The predicted molar refractivity (Wildman–Crippen MR) is 138 cm³/mol. The van der Waals surface area contributed by atoms with Gasteiger partial charge in [-0.05, 0) is 35.7 Å². The molecule has 1 aromatic heterocycles. The first-order chi connectivity index (χ1) is 18.4. The van der Waals surface area contributed by atoms with Crippen LogP contribution in [0, 0.1) is 5.82 Å². The Morgan fingerprint density at radius 2 is 1.74 bits per heavy atom. The number of carbonyl (C=O) groups excluding carboxylic acids is 2. The number of aromatic nitrogens is 1. The van der Waals surface area contributed by atoms with Crippen molar-refractivity contribution in [2.75, 3.05) is 5.32 Å². The Hall–Kier alpha value is -3.21. The topological polar surface area (TPSA) is 80.3 Å². The van der Waals surface area contributed by atoms with Crippen LogP contribution >= 0.6 is 23.2 Å². The van der Waals surface area contributed by atoms with Crippen LogP contribution in [0.15, 0.2) is 66.9 Å². The SMILES string of the molecule is O=C(NC1(C(=O)Nc2ncc(Cl)cc2F)CC(OCc2ccccc2)C1)C(Cl)Cc1ccc(C(F)(F)F)cc1. The van der Waals surface area contributed by atoms with Crippen LogP contribution in [0.4, 0.5) is 23.4 Å². The minimum Gasteiger partial charge on any atom is -0.373 e. The van der Waals surface area contributed by atoms with Gasteiger partial charge in [-0.3, -0.25) is 9.59 Å². The lowest BCUT2D eigenvalue weighted by Gasteiger charge is -2.46. The minimum atomic E-state index is -4.49. The molecule has 0 bridgehead atoms. The maximum Gasteiger partial charge on any atom is 0.416 e. The molecule has 206 valence electrons. The zero-order valence-electron chi connectivity index (χ0n) is 20.3. The quantitative estimate of drug-likeness (QED) is 0.242. The zero-order chi connectivity index (χ0) is 28.2. The number of benzene rings is 2. The fraction of sp³-hybridized carbons (Fsp3) is 0.296. The van der Waals surface area contributed by atoms with Gasteiger partial charge in [0.2, 0.25) is 5.91 Å². The Bertz CT molecular complexity index is 1320. The summed E-state index contributed by atoms with van der Waals surface area (Å²) in [4.78, 5) is 30.0. The van der Waals surface area contributed by atoms with E-state index in [-0.39, 0.29) is 42.8 Å². The number of nitrogens with one attached hydrogen (secondary N) is 2. The third kappa shape index (κ3) is 7.26. The van der Waals surface area contributed by atoms with E-state index in [2.05, 4.69) is 15.6 Å². The maximum atomic E-state index is 14.3. The number of nitrogens with zero attached hydrogens (tertiary/aromatic N) is 1. The highest BCUT2D eigenvalue weighted by molar-refractivity contribution is 6.31. The van der Waals surface area contributed by atoms with Crippen molar-refractivity contribution in [3.63, 3.8) is 0 Å². The molecule has 0 spiro atoms. The Kier molecular flexibility index (Phi) is 8.78. The summed E-state index contributed by atoms with van der Waals surface area (Å²) < 4.78 is 58.6. The summed E-state index contributed by atoms with van der Waals surface area (Å²) in [6, 6.07) is 14.6. The van der Waals surface area contributed by atoms with Gasteiger partial charge in [0.05, 0.1) is 23.3 Å². The number of halogens is 6. The Balaban J connectivity index is 1.44. The van der Waals surface area contributed by atoms with E-state index in [4.69, 9.17) is 27.9 Å². The van der Waals surface area contributed by atoms with Gasteiger partial charge in [-0.2, -0.15) is 13.2 Å². The molecule has 3 aromatic rings. The summed E-state index contributed by atoms with van der Waals surface area (Å²) >= 11 is 12.0. The molecule has 0 saturated heterocycles. The second-order valence-electron chi connectivity index (χ2n) is 9.20. The van der Waals surface area contributed by atoms with Gasteiger partial charge in [0.1, 0.15) is 10.9 Å². The monoisotopic (exact) mass is 583 g/mol. The van der Waals surface area contributed by atoms with Crippen LogP contribution in [0.2, 0.25) is 5.02 Å². The van der Waals surface area contributed by atoms with Gasteiger partial charge in [0.15, 0.2) is 11.6 Å². The number of rotatable bonds is 9. The summed E-state index contributed by atoms with van der Waals surface area (Å²) in [6.07, 6.45) is -3.63. The van der Waals surface area contributed by atoms with Crippen LogP contribution in [0.1, 0.15) is 29.5 Å². The molecule has 0 aliphatic heterocycles. The van der Waals surface area contributed by atoms with E-state index in [1.54, 1.807) is 0 Å². The molecule has 1 fully saturated rings. The van der Waals surface area contributed by atoms with E-state index < -0.39 is 40.3 Å². The number of alkyl halides is 4. The number of pyridine rings is 1. The lowest BCUT2D eigenvalue weighted by atomic mass is 9.73. The van der Waals surface area contributed by atoms with E-state index in [0.29, 0.717) is 5.56 Å². The lowest BCUT2D eigenvalue weighted by Crippen LogP contribution is -2.67. The third-order valence-corrected chi connectivity index (χ3v) is 6.86. The number of anilines is 1. The molecular weight excluding hydrogens is 561 g/mol. The summed E-state index contributed by atoms with van der Waals surface area (Å²) in [5.74, 6) is -2.65. The number of hydrogen-bond donors (Lipinski definition) is 2. The number of carbonyl (C=O) groups is 2. The fourth-order valence-corrected chi connectivity index (χ4v) is 4.52. The van der Waals surface area contributed by atoms with Crippen molar-refractivity contribution >= 4 is 40.8 Å². The second-order valence-corrected chi connectivity index (χ2v) is 10.2. The van der Waals surface area contributed by atoms with E-state index >= 15 is 0 Å². The molecule has 1 heterocycles. The highest BCUT2D eigenvalue weighted by atomic mass is 35.5. The van der Waals surface area contributed by atoms with Gasteiger partial charge in [0.25, 0.3) is 5.91 Å². The lowest BCUT2D eigenvalue weighted by molar-refractivity contribution is -0.143. The van der Waals surface area contributed by atoms with E-state index in [1.807, 2.05) is 30.3 Å². The van der Waals surface area contributed by atoms with Crippen LogP contribution in [-0.4, -0.2) is 33.8 Å². The summed E-state index contributed by atoms with van der Waals surface area (Å²) in [6.45, 7) is 0.288. The molecular formula is C27H23Cl2F4N3O3. The van der Waals surface area contributed by atoms with Crippen molar-refractivity contribution in [1.29, 1.82) is 0 Å². The molecule has 1 saturated carbocycles. The zero-order valence-corrected chi connectivity index (χ0v) is 21.8. The third-order valence-electron chi connectivity index (χ3n) is 6.30. The van der Waals surface area contributed by atoms with Crippen molar-refractivity contribution in [2.45, 2.75) is 49.1 Å². The van der Waals surface area contributed by atoms with Crippen molar-refractivity contribution in [2.24, 2.45) is 0 Å². The fourth-order valence-electron chi connectivity index (χ4n) is 4.15. The maximum absolute atomic E-state index is 14.3. The Morgan fingerprint density at radius 1 is 1.08 bits per heavy atom. The first-order valence-electron chi connectivity index (χ1n) is 11.9. The van der Waals surface area contributed by atoms with Gasteiger partial charge in [-0.15, -0.1) is 11.6 Å². The Labute approximate surface area is 231 Å². The van der Waals surface area contributed by atoms with Gasteiger partial charge < -0.3 is 15.4 Å². The number of hydrogen-bond acceptors (Lipinski definition) is 4. The van der Waals surface area contributed by atoms with E-state index in [9.17, 15) is 27.2 Å². The molecule has 0 radical (unpaired) electrons. The molecule has 1 unspecified atom stereocenters. The normalized spacial score (nSPS) is 19.6. The average molecular weight is 584 g/mol. The minimum absolute atomic E-state index is 0.0415. The standard InChI is InChI=1S/C27H23Cl2F4N3O3/c28-19-11-22(30)23(34-14-19)35-25(38)26(12-20(13-26)39-15-17-4-2-1-3-5-17)36-24(37)21(29)10-16-6-8-18(9-7-16)27(31,32)33/h1-9,11,14,20-21H,10,12-13,15H2,(H,36,37)(H,34,35,38).